The van der Waals surface area contributed by atoms with E-state index in [1.54, 1.807) is 6.20 Å². The van der Waals surface area contributed by atoms with Gasteiger partial charge in [-0.05, 0) is 160 Å². The molecule has 4 heterocycles. The molecule has 0 saturated heterocycles. The fraction of sp³-hybridized carbons (Fsp3) is 0.356. The van der Waals surface area contributed by atoms with Crippen molar-refractivity contribution >= 4 is 33.6 Å². The highest BCUT2D eigenvalue weighted by molar-refractivity contribution is 6.09. The van der Waals surface area contributed by atoms with Gasteiger partial charge in [0.15, 0.2) is 0 Å². The van der Waals surface area contributed by atoms with Crippen LogP contribution in [-0.4, -0.2) is 58.2 Å². The Kier molecular flexibility index (Phi) is 15.6. The molecule has 8 aromatic rings. The van der Waals surface area contributed by atoms with Crippen LogP contribution in [0.2, 0.25) is 0 Å². The van der Waals surface area contributed by atoms with Crippen LogP contribution in [0, 0.1) is 27.7 Å². The minimum atomic E-state index is -0.250. The van der Waals surface area contributed by atoms with Crippen LogP contribution in [0.4, 0.5) is 0 Å². The summed E-state index contributed by atoms with van der Waals surface area (Å²) >= 11 is 0. The van der Waals surface area contributed by atoms with Gasteiger partial charge in [-0.2, -0.15) is 10.2 Å². The molecule has 73 heavy (non-hydrogen) atoms. The number of aryl methyl sites for hydroxylation is 5. The molecule has 4 aromatic heterocycles. The number of aromatic nitrogens is 6. The molecular formula is C59H66N8O6. The van der Waals surface area contributed by atoms with Crippen molar-refractivity contribution in [2.24, 2.45) is 0 Å². The zero-order valence-electron chi connectivity index (χ0n) is 42.3. The molecule has 0 bridgehead atoms. The zero-order chi connectivity index (χ0) is 51.2. The zero-order valence-corrected chi connectivity index (χ0v) is 42.3. The third-order valence-electron chi connectivity index (χ3n) is 14.7. The lowest BCUT2D eigenvalue weighted by molar-refractivity contribution is 0.0944. The van der Waals surface area contributed by atoms with E-state index >= 15 is 0 Å². The lowest BCUT2D eigenvalue weighted by atomic mass is 9.97. The first kappa shape index (κ1) is 50.5. The molecule has 14 heteroatoms. The van der Waals surface area contributed by atoms with Gasteiger partial charge >= 0.3 is 0 Å². The summed E-state index contributed by atoms with van der Waals surface area (Å²) < 4.78 is 4.16. The van der Waals surface area contributed by atoms with Gasteiger partial charge in [-0.3, -0.25) is 28.5 Å². The van der Waals surface area contributed by atoms with Crippen LogP contribution in [0.25, 0.3) is 44.1 Å². The Hall–Kier alpha value is -7.42. The number of nitrogens with one attached hydrogen (secondary N) is 4. The first-order chi connectivity index (χ1) is 35.4. The minimum Gasteiger partial charge on any atom is -0.396 e. The molecule has 6 N–H and O–H groups in total. The Balaban J connectivity index is 0.000000180. The molecule has 2 saturated carbocycles. The Morgan fingerprint density at radius 2 is 1.04 bits per heavy atom. The number of hydrogen-bond acceptors (Lipinski definition) is 8. The van der Waals surface area contributed by atoms with Gasteiger partial charge in [-0.1, -0.05) is 68.1 Å². The molecule has 0 spiro atoms. The predicted molar refractivity (Wildman–Crippen MR) is 287 cm³/mol. The lowest BCUT2D eigenvalue weighted by Crippen LogP contribution is -2.28. The number of H-pyrrole nitrogens is 2. The summed E-state index contributed by atoms with van der Waals surface area (Å²) in [4.78, 5) is 57.6. The van der Waals surface area contributed by atoms with E-state index in [9.17, 15) is 24.3 Å². The van der Waals surface area contributed by atoms with Crippen LogP contribution in [0.15, 0.2) is 107 Å². The van der Waals surface area contributed by atoms with E-state index in [4.69, 9.17) is 10.2 Å². The molecule has 2 aliphatic carbocycles. The topological polar surface area (TPSA) is 200 Å². The lowest BCUT2D eigenvalue weighted by Gasteiger charge is -2.14. The average molecular weight is 983 g/mol. The van der Waals surface area contributed by atoms with Crippen molar-refractivity contribution in [2.45, 2.75) is 130 Å². The monoisotopic (exact) mass is 983 g/mol. The fourth-order valence-corrected chi connectivity index (χ4v) is 10.8. The summed E-state index contributed by atoms with van der Waals surface area (Å²) in [5, 5.41) is 35.8. The molecule has 2 aliphatic rings. The predicted octanol–water partition coefficient (Wildman–Crippen LogP) is 9.91. The fourth-order valence-electron chi connectivity index (χ4n) is 10.8. The maximum Gasteiger partial charge on any atom is 0.253 e. The van der Waals surface area contributed by atoms with Crippen LogP contribution < -0.4 is 21.8 Å². The van der Waals surface area contributed by atoms with Gasteiger partial charge in [0.2, 0.25) is 0 Å². The molecule has 0 radical (unpaired) electrons. The van der Waals surface area contributed by atoms with E-state index in [-0.39, 0.29) is 49.2 Å². The number of carbonyl (C=O) groups excluding carboxylic acids is 2. The van der Waals surface area contributed by atoms with Gasteiger partial charge in [0.05, 0.1) is 53.2 Å². The maximum absolute atomic E-state index is 13.6. The molecular weight excluding hydrogens is 917 g/mol. The van der Waals surface area contributed by atoms with Crippen molar-refractivity contribution in [1.29, 1.82) is 0 Å². The second kappa shape index (κ2) is 22.6. The van der Waals surface area contributed by atoms with Crippen LogP contribution in [0.3, 0.4) is 0 Å². The summed E-state index contributed by atoms with van der Waals surface area (Å²) in [7, 11) is 0. The van der Waals surface area contributed by atoms with Crippen LogP contribution in [0.5, 0.6) is 0 Å². The van der Waals surface area contributed by atoms with E-state index < -0.39 is 0 Å². The summed E-state index contributed by atoms with van der Waals surface area (Å²) in [6.45, 7) is 7.91. The number of unbranched alkanes of at least 4 members (excludes halogenated alkanes) is 1. The molecule has 0 aliphatic heterocycles. The van der Waals surface area contributed by atoms with Crippen molar-refractivity contribution in [3.63, 3.8) is 0 Å². The first-order valence-corrected chi connectivity index (χ1v) is 25.8. The number of aliphatic hydroxyl groups excluding tert-OH is 2. The van der Waals surface area contributed by atoms with Crippen molar-refractivity contribution in [3.05, 3.63) is 174 Å². The number of fused-ring (bicyclic) bond motifs is 2. The SMILES string of the molecule is Cc1cc(C)c(CNC(=O)c2cc(-c3cccc(CCCCO)c3)cc3c2cnn3C2CCCC2)c(=O)[nH]1.Cc1cc(C)c(CNC(=O)c2cc(-c3cccc(CO)c3)cc3c2cnn3C2CCCC2)c(=O)[nH]1. The van der Waals surface area contributed by atoms with Gasteiger partial charge < -0.3 is 30.8 Å². The van der Waals surface area contributed by atoms with Crippen molar-refractivity contribution in [1.82, 2.24) is 40.2 Å². The minimum absolute atomic E-state index is 0.0477. The number of hydrogen-bond donors (Lipinski definition) is 6. The second-order valence-electron chi connectivity index (χ2n) is 20.0. The third-order valence-corrected chi connectivity index (χ3v) is 14.7. The summed E-state index contributed by atoms with van der Waals surface area (Å²) in [6, 6.07) is 28.7. The van der Waals surface area contributed by atoms with E-state index in [0.717, 1.165) is 117 Å². The molecule has 10 rings (SSSR count). The molecule has 14 nitrogen and oxygen atoms in total. The van der Waals surface area contributed by atoms with Crippen LogP contribution >= 0.6 is 0 Å². The highest BCUT2D eigenvalue weighted by Gasteiger charge is 2.25. The van der Waals surface area contributed by atoms with Crippen molar-refractivity contribution in [3.8, 4) is 22.3 Å². The third kappa shape index (κ3) is 11.3. The molecule has 2 amide bonds. The highest BCUT2D eigenvalue weighted by Crippen LogP contribution is 2.37. The number of aliphatic hydroxyl groups is 2. The quantitative estimate of drug-likeness (QED) is 0.0545. The number of amides is 2. The number of nitrogens with zero attached hydrogens (tertiary/aromatic N) is 4. The Bertz CT molecular complexity index is 3420. The second-order valence-corrected chi connectivity index (χ2v) is 20.0. The van der Waals surface area contributed by atoms with Crippen LogP contribution in [0.1, 0.15) is 142 Å². The molecule has 2 fully saturated rings. The van der Waals surface area contributed by atoms with Gasteiger partial charge in [0, 0.05) is 53.0 Å². The standard InChI is InChI=1S/C31H36N4O3.C28H30N4O3/c1-20-14-21(2)34-31(38)27(20)18-32-30(37)26-16-24(23-10-7-9-22(15-23)8-5-6-13-36)17-29-28(26)19-33-35(29)25-11-3-4-12-25;1-17-10-18(2)31-28(35)24(17)14-29-27(34)23-12-21(20-7-5-6-19(11-20)16-33)13-26-25(23)15-30-32(26)22-8-3-4-9-22/h7,9-10,14-17,19,25,36H,3-6,8,11-13,18H2,1-2H3,(H,32,37)(H,34,38);5-7,10-13,15,22,33H,3-4,8-9,14,16H2,1-2H3,(H,29,34)(H,31,35). The van der Waals surface area contributed by atoms with Gasteiger partial charge in [-0.25, -0.2) is 0 Å². The number of aromatic amines is 2. The Morgan fingerprint density at radius 1 is 0.589 bits per heavy atom. The van der Waals surface area contributed by atoms with Crippen LogP contribution in [-0.2, 0) is 26.1 Å². The normalized spacial score (nSPS) is 13.9. The van der Waals surface area contributed by atoms with Gasteiger partial charge in [-0.15, -0.1) is 0 Å². The van der Waals surface area contributed by atoms with E-state index in [0.29, 0.717) is 34.3 Å². The molecule has 0 atom stereocenters. The number of carbonyl (C=O) groups is 2. The molecule has 4 aromatic carbocycles. The largest absolute Gasteiger partial charge is 0.396 e. The van der Waals surface area contributed by atoms with Crippen molar-refractivity contribution < 1.29 is 19.8 Å². The van der Waals surface area contributed by atoms with E-state index in [1.165, 1.54) is 31.2 Å². The highest BCUT2D eigenvalue weighted by atomic mass is 16.3. The Labute approximate surface area is 424 Å². The summed E-state index contributed by atoms with van der Waals surface area (Å²) in [5.41, 5.74) is 12.9. The van der Waals surface area contributed by atoms with Gasteiger partial charge in [0.25, 0.3) is 22.9 Å². The number of rotatable bonds is 15. The van der Waals surface area contributed by atoms with E-state index in [1.807, 2.05) is 88.5 Å². The first-order valence-electron chi connectivity index (χ1n) is 25.8. The summed E-state index contributed by atoms with van der Waals surface area (Å²) in [5.74, 6) is -0.471. The maximum atomic E-state index is 13.6. The smallest absolute Gasteiger partial charge is 0.253 e. The molecule has 378 valence electrons. The van der Waals surface area contributed by atoms with E-state index in [2.05, 4.69) is 65.4 Å². The molecule has 0 unspecified atom stereocenters. The Morgan fingerprint density at radius 3 is 1.48 bits per heavy atom. The number of pyridine rings is 2. The van der Waals surface area contributed by atoms with Gasteiger partial charge in [0.1, 0.15) is 0 Å². The summed E-state index contributed by atoms with van der Waals surface area (Å²) in [6.07, 6.45) is 15.3. The van der Waals surface area contributed by atoms with Crippen molar-refractivity contribution in [2.75, 3.05) is 6.61 Å². The number of benzene rings is 4. The average Bonchev–Trinajstić information content (AvgIpc) is 4.24.